The minimum absolute atomic E-state index is 0.411. The lowest BCUT2D eigenvalue weighted by atomic mass is 10.0. The van der Waals surface area contributed by atoms with Crippen molar-refractivity contribution < 1.29 is 0 Å². The van der Waals surface area contributed by atoms with Crippen molar-refractivity contribution in [2.24, 2.45) is 5.92 Å². The molecule has 0 spiro atoms. The van der Waals surface area contributed by atoms with Crippen LogP contribution in [0.2, 0.25) is 0 Å². The van der Waals surface area contributed by atoms with Crippen molar-refractivity contribution in [3.63, 3.8) is 0 Å². The van der Waals surface area contributed by atoms with Gasteiger partial charge in [-0.2, -0.15) is 0 Å². The number of hydrogen-bond acceptors (Lipinski definition) is 1. The standard InChI is InChI=1S/C11H14ClN/c12-10-5-4-9(7-10)8-11-3-1-2-6-13-11/h1-3,6,9-10H,4-5,7-8H2. The van der Waals surface area contributed by atoms with Gasteiger partial charge in [-0.1, -0.05) is 6.07 Å². The third-order valence-corrected chi connectivity index (χ3v) is 3.10. The van der Waals surface area contributed by atoms with E-state index in [1.165, 1.54) is 18.5 Å². The molecule has 0 bridgehead atoms. The molecule has 13 heavy (non-hydrogen) atoms. The van der Waals surface area contributed by atoms with Gasteiger partial charge < -0.3 is 0 Å². The molecule has 0 amide bonds. The second-order valence-corrected chi connectivity index (χ2v) is 4.42. The Morgan fingerprint density at radius 2 is 2.31 bits per heavy atom. The van der Waals surface area contributed by atoms with Gasteiger partial charge in [0.25, 0.3) is 0 Å². The van der Waals surface area contributed by atoms with Crippen molar-refractivity contribution in [3.8, 4) is 0 Å². The maximum Gasteiger partial charge on any atom is 0.0406 e. The molecule has 1 nitrogen and oxygen atoms in total. The molecule has 2 atom stereocenters. The summed E-state index contributed by atoms with van der Waals surface area (Å²) < 4.78 is 0. The van der Waals surface area contributed by atoms with E-state index in [2.05, 4.69) is 17.1 Å². The van der Waals surface area contributed by atoms with E-state index in [1.54, 1.807) is 0 Å². The normalized spacial score (nSPS) is 27.8. The van der Waals surface area contributed by atoms with Crippen LogP contribution in [0.5, 0.6) is 0 Å². The molecule has 0 aromatic carbocycles. The summed E-state index contributed by atoms with van der Waals surface area (Å²) in [5.41, 5.74) is 1.21. The van der Waals surface area contributed by atoms with Crippen molar-refractivity contribution in [3.05, 3.63) is 30.1 Å². The van der Waals surface area contributed by atoms with Crippen molar-refractivity contribution in [2.75, 3.05) is 0 Å². The Hall–Kier alpha value is -0.560. The number of alkyl halides is 1. The highest BCUT2D eigenvalue weighted by atomic mass is 35.5. The quantitative estimate of drug-likeness (QED) is 0.662. The zero-order chi connectivity index (χ0) is 9.10. The molecule has 2 rings (SSSR count). The molecule has 0 saturated heterocycles. The van der Waals surface area contributed by atoms with Crippen molar-refractivity contribution >= 4 is 11.6 Å². The molecule has 1 fully saturated rings. The molecule has 2 heteroatoms. The maximum atomic E-state index is 6.05. The molecule has 1 aromatic heterocycles. The molecule has 70 valence electrons. The summed E-state index contributed by atoms with van der Waals surface area (Å²) in [6, 6.07) is 6.11. The zero-order valence-corrected chi connectivity index (χ0v) is 8.37. The Morgan fingerprint density at radius 1 is 1.38 bits per heavy atom. The Labute approximate surface area is 84.1 Å². The molecule has 2 unspecified atom stereocenters. The van der Waals surface area contributed by atoms with E-state index in [9.17, 15) is 0 Å². The topological polar surface area (TPSA) is 12.9 Å². The minimum Gasteiger partial charge on any atom is -0.261 e. The Balaban J connectivity index is 1.92. The lowest BCUT2D eigenvalue weighted by Crippen LogP contribution is -2.01. The molecule has 0 aliphatic heterocycles. The third kappa shape index (κ3) is 2.44. The van der Waals surface area contributed by atoms with Crippen LogP contribution in [0.25, 0.3) is 0 Å². The Morgan fingerprint density at radius 3 is 2.92 bits per heavy atom. The number of hydrogen-bond donors (Lipinski definition) is 0. The van der Waals surface area contributed by atoms with E-state index in [0.717, 1.165) is 18.8 Å². The van der Waals surface area contributed by atoms with E-state index in [4.69, 9.17) is 11.6 Å². The first-order valence-electron chi connectivity index (χ1n) is 4.88. The van der Waals surface area contributed by atoms with Crippen LogP contribution in [0.15, 0.2) is 24.4 Å². The van der Waals surface area contributed by atoms with Gasteiger partial charge in [-0.15, -0.1) is 11.6 Å². The van der Waals surface area contributed by atoms with Crippen molar-refractivity contribution in [1.82, 2.24) is 4.98 Å². The number of rotatable bonds is 2. The van der Waals surface area contributed by atoms with Crippen LogP contribution in [0, 0.1) is 5.92 Å². The number of halogens is 1. The fourth-order valence-corrected chi connectivity index (χ4v) is 2.39. The first-order chi connectivity index (χ1) is 6.34. The van der Waals surface area contributed by atoms with Crippen molar-refractivity contribution in [1.29, 1.82) is 0 Å². The van der Waals surface area contributed by atoms with Crippen LogP contribution in [-0.4, -0.2) is 10.4 Å². The number of aromatic nitrogens is 1. The molecule has 1 heterocycles. The number of nitrogens with zero attached hydrogens (tertiary/aromatic N) is 1. The molecular weight excluding hydrogens is 182 g/mol. The third-order valence-electron chi connectivity index (χ3n) is 2.70. The van der Waals surface area contributed by atoms with E-state index in [0.29, 0.717) is 5.38 Å². The minimum atomic E-state index is 0.411. The largest absolute Gasteiger partial charge is 0.261 e. The average Bonchev–Trinajstić information content (AvgIpc) is 2.53. The fraction of sp³-hybridized carbons (Fsp3) is 0.545. The van der Waals surface area contributed by atoms with E-state index >= 15 is 0 Å². The summed E-state index contributed by atoms with van der Waals surface area (Å²) in [5.74, 6) is 0.761. The lowest BCUT2D eigenvalue weighted by Gasteiger charge is -2.07. The van der Waals surface area contributed by atoms with Crippen LogP contribution < -0.4 is 0 Å². The van der Waals surface area contributed by atoms with Gasteiger partial charge in [0.1, 0.15) is 0 Å². The predicted octanol–water partition coefficient (Wildman–Crippen LogP) is 3.03. The Bertz CT molecular complexity index is 260. The van der Waals surface area contributed by atoms with E-state index in [-0.39, 0.29) is 0 Å². The molecule has 1 aromatic rings. The SMILES string of the molecule is ClC1CCC(Cc2ccccn2)C1. The highest BCUT2D eigenvalue weighted by molar-refractivity contribution is 6.20. The molecular formula is C11H14ClN. The van der Waals surface area contributed by atoms with Crippen LogP contribution in [0.1, 0.15) is 25.0 Å². The van der Waals surface area contributed by atoms with Gasteiger partial charge in [-0.05, 0) is 43.7 Å². The van der Waals surface area contributed by atoms with Gasteiger partial charge in [0.2, 0.25) is 0 Å². The van der Waals surface area contributed by atoms with Gasteiger partial charge >= 0.3 is 0 Å². The average molecular weight is 196 g/mol. The molecule has 0 N–H and O–H groups in total. The summed E-state index contributed by atoms with van der Waals surface area (Å²) in [6.45, 7) is 0. The molecule has 1 aliphatic carbocycles. The van der Waals surface area contributed by atoms with Gasteiger partial charge in [-0.25, -0.2) is 0 Å². The second kappa shape index (κ2) is 4.10. The van der Waals surface area contributed by atoms with Gasteiger partial charge in [-0.3, -0.25) is 4.98 Å². The molecule has 1 aliphatic rings. The van der Waals surface area contributed by atoms with Crippen LogP contribution in [0.4, 0.5) is 0 Å². The van der Waals surface area contributed by atoms with Gasteiger partial charge in [0.15, 0.2) is 0 Å². The monoisotopic (exact) mass is 195 g/mol. The van der Waals surface area contributed by atoms with Crippen molar-refractivity contribution in [2.45, 2.75) is 31.1 Å². The molecule has 1 saturated carbocycles. The first-order valence-corrected chi connectivity index (χ1v) is 5.32. The second-order valence-electron chi connectivity index (χ2n) is 3.80. The lowest BCUT2D eigenvalue weighted by molar-refractivity contribution is 0.540. The summed E-state index contributed by atoms with van der Waals surface area (Å²) in [5, 5.41) is 0.411. The van der Waals surface area contributed by atoms with E-state index in [1.807, 2.05) is 12.3 Å². The number of pyridine rings is 1. The van der Waals surface area contributed by atoms with E-state index < -0.39 is 0 Å². The van der Waals surface area contributed by atoms with Gasteiger partial charge in [0, 0.05) is 17.3 Å². The fourth-order valence-electron chi connectivity index (χ4n) is 2.01. The maximum absolute atomic E-state index is 6.05. The summed E-state index contributed by atoms with van der Waals surface area (Å²) >= 11 is 6.05. The Kier molecular flexibility index (Phi) is 2.84. The summed E-state index contributed by atoms with van der Waals surface area (Å²) in [6.07, 6.45) is 6.58. The highest BCUT2D eigenvalue weighted by Crippen LogP contribution is 2.31. The first kappa shape index (κ1) is 9.01. The highest BCUT2D eigenvalue weighted by Gasteiger charge is 2.22. The molecule has 0 radical (unpaired) electrons. The summed E-state index contributed by atoms with van der Waals surface area (Å²) in [4.78, 5) is 4.32. The predicted molar refractivity (Wildman–Crippen MR) is 54.9 cm³/mol. The van der Waals surface area contributed by atoms with Gasteiger partial charge in [0.05, 0.1) is 0 Å². The van der Waals surface area contributed by atoms with Crippen LogP contribution >= 0.6 is 11.6 Å². The zero-order valence-electron chi connectivity index (χ0n) is 7.62. The van der Waals surface area contributed by atoms with Crippen LogP contribution in [-0.2, 0) is 6.42 Å². The van der Waals surface area contributed by atoms with Crippen LogP contribution in [0.3, 0.4) is 0 Å². The smallest absolute Gasteiger partial charge is 0.0406 e. The summed E-state index contributed by atoms with van der Waals surface area (Å²) in [7, 11) is 0.